The van der Waals surface area contributed by atoms with Crippen molar-refractivity contribution in [3.05, 3.63) is 23.7 Å². The first-order valence-electron chi connectivity index (χ1n) is 5.18. The minimum Gasteiger partial charge on any atom is -0.459 e. The summed E-state index contributed by atoms with van der Waals surface area (Å²) in [6.07, 6.45) is 1.24. The predicted octanol–water partition coefficient (Wildman–Crippen LogP) is 1.62. The van der Waals surface area contributed by atoms with Crippen LogP contribution in [-0.2, 0) is 10.5 Å². The van der Waals surface area contributed by atoms with E-state index < -0.39 is 17.7 Å². The fourth-order valence-electron chi connectivity index (χ4n) is 1.34. The molecule has 1 aliphatic heterocycles. The van der Waals surface area contributed by atoms with Crippen LogP contribution < -0.4 is 5.32 Å². The number of carbonyl (C=O) groups excluding carboxylic acids is 2. The van der Waals surface area contributed by atoms with E-state index in [-0.39, 0.29) is 12.3 Å². The summed E-state index contributed by atoms with van der Waals surface area (Å²) < 4.78 is 29.2. The van der Waals surface area contributed by atoms with Crippen LogP contribution in [0, 0.1) is 0 Å². The SMILES string of the molecule is O=C1CN(/N=C\c2ccc(CSC(F)F)o2)C(=O)N1. The Bertz CT molecular complexity index is 518. The largest absolute Gasteiger partial charge is 0.459 e. The lowest BCUT2D eigenvalue weighted by Crippen LogP contribution is -2.24. The van der Waals surface area contributed by atoms with Gasteiger partial charge in [0.1, 0.15) is 18.1 Å². The van der Waals surface area contributed by atoms with E-state index in [0.29, 0.717) is 23.3 Å². The van der Waals surface area contributed by atoms with Gasteiger partial charge in [0.2, 0.25) is 5.91 Å². The normalized spacial score (nSPS) is 15.8. The predicted molar refractivity (Wildman–Crippen MR) is 63.8 cm³/mol. The summed E-state index contributed by atoms with van der Waals surface area (Å²) in [5.74, 6) is -2.14. The molecule has 0 saturated carbocycles. The molecule has 2 rings (SSSR count). The zero-order chi connectivity index (χ0) is 13.8. The van der Waals surface area contributed by atoms with Crippen LogP contribution in [-0.4, -0.2) is 35.5 Å². The molecule has 0 bridgehead atoms. The number of rotatable bonds is 5. The molecule has 0 unspecified atom stereocenters. The Morgan fingerprint density at radius 1 is 1.53 bits per heavy atom. The number of thioether (sulfide) groups is 1. The van der Waals surface area contributed by atoms with Crippen molar-refractivity contribution in [1.29, 1.82) is 0 Å². The molecule has 0 radical (unpaired) electrons. The highest BCUT2D eigenvalue weighted by atomic mass is 32.2. The molecule has 1 N–H and O–H groups in total. The van der Waals surface area contributed by atoms with Crippen molar-refractivity contribution in [2.45, 2.75) is 11.5 Å². The van der Waals surface area contributed by atoms with E-state index in [2.05, 4.69) is 10.4 Å². The van der Waals surface area contributed by atoms with Crippen molar-refractivity contribution < 1.29 is 22.8 Å². The van der Waals surface area contributed by atoms with Crippen molar-refractivity contribution in [3.8, 4) is 0 Å². The van der Waals surface area contributed by atoms with Crippen LogP contribution in [0.15, 0.2) is 21.7 Å². The number of nitrogens with zero attached hydrogens (tertiary/aromatic N) is 2. The molecule has 1 aromatic heterocycles. The van der Waals surface area contributed by atoms with E-state index in [9.17, 15) is 18.4 Å². The molecule has 1 aliphatic rings. The molecule has 0 atom stereocenters. The van der Waals surface area contributed by atoms with Crippen LogP contribution in [0.2, 0.25) is 0 Å². The average Bonchev–Trinajstić information content (AvgIpc) is 2.91. The van der Waals surface area contributed by atoms with E-state index in [1.54, 1.807) is 12.1 Å². The number of furan rings is 1. The van der Waals surface area contributed by atoms with E-state index in [4.69, 9.17) is 4.42 Å². The molecule has 6 nitrogen and oxygen atoms in total. The number of hydrazone groups is 1. The lowest BCUT2D eigenvalue weighted by atomic mass is 10.4. The second-order valence-corrected chi connectivity index (χ2v) is 4.51. The second kappa shape index (κ2) is 5.83. The standard InChI is InChI=1S/C10H9F2N3O3S/c11-9(12)19-5-7-2-1-6(18-7)3-13-15-4-8(16)14-10(15)17/h1-3,9H,4-5H2,(H,14,16,17)/b13-3-. The maximum atomic E-state index is 12.0. The minimum atomic E-state index is -2.46. The van der Waals surface area contributed by atoms with E-state index >= 15 is 0 Å². The fourth-order valence-corrected chi connectivity index (χ4v) is 1.78. The number of carbonyl (C=O) groups is 2. The van der Waals surface area contributed by atoms with Gasteiger partial charge in [-0.3, -0.25) is 10.1 Å². The summed E-state index contributed by atoms with van der Waals surface area (Å²) in [4.78, 5) is 22.0. The maximum Gasteiger partial charge on any atom is 0.344 e. The Labute approximate surface area is 110 Å². The molecule has 0 spiro atoms. The molecule has 3 amide bonds. The summed E-state index contributed by atoms with van der Waals surface area (Å²) >= 11 is 0.451. The number of hydrogen-bond donors (Lipinski definition) is 1. The van der Waals surface area contributed by atoms with E-state index in [0.717, 1.165) is 5.01 Å². The number of amides is 3. The van der Waals surface area contributed by atoms with Gasteiger partial charge < -0.3 is 4.42 Å². The third-order valence-corrected chi connectivity index (χ3v) is 2.84. The molecule has 102 valence electrons. The highest BCUT2D eigenvalue weighted by molar-refractivity contribution is 7.98. The van der Waals surface area contributed by atoms with Crippen molar-refractivity contribution in [2.24, 2.45) is 5.10 Å². The van der Waals surface area contributed by atoms with Gasteiger partial charge in [0.25, 0.3) is 5.76 Å². The summed E-state index contributed by atoms with van der Waals surface area (Å²) in [6.45, 7) is -0.149. The van der Waals surface area contributed by atoms with Crippen LogP contribution in [0.5, 0.6) is 0 Å². The Morgan fingerprint density at radius 3 is 2.95 bits per heavy atom. The number of nitrogens with one attached hydrogen (secondary N) is 1. The highest BCUT2D eigenvalue weighted by Gasteiger charge is 2.25. The van der Waals surface area contributed by atoms with Crippen LogP contribution in [0.4, 0.5) is 13.6 Å². The number of urea groups is 1. The Balaban J connectivity index is 1.92. The van der Waals surface area contributed by atoms with Crippen LogP contribution >= 0.6 is 11.8 Å². The van der Waals surface area contributed by atoms with Gasteiger partial charge in [-0.15, -0.1) is 0 Å². The van der Waals surface area contributed by atoms with Gasteiger partial charge >= 0.3 is 6.03 Å². The Morgan fingerprint density at radius 2 is 2.32 bits per heavy atom. The topological polar surface area (TPSA) is 74.9 Å². The average molecular weight is 289 g/mol. The Hall–Kier alpha value is -1.90. The molecule has 1 saturated heterocycles. The fraction of sp³-hybridized carbons (Fsp3) is 0.300. The summed E-state index contributed by atoms with van der Waals surface area (Å²) in [6, 6.07) is 2.48. The zero-order valence-corrected chi connectivity index (χ0v) is 10.3. The third kappa shape index (κ3) is 3.78. The van der Waals surface area contributed by atoms with Gasteiger partial charge in [0, 0.05) is 0 Å². The number of imide groups is 1. The van der Waals surface area contributed by atoms with Gasteiger partial charge in [-0.1, -0.05) is 11.8 Å². The lowest BCUT2D eigenvalue weighted by molar-refractivity contribution is -0.118. The molecule has 1 aromatic rings. The zero-order valence-electron chi connectivity index (χ0n) is 9.51. The first-order valence-corrected chi connectivity index (χ1v) is 6.23. The van der Waals surface area contributed by atoms with E-state index in [1.165, 1.54) is 6.21 Å². The second-order valence-electron chi connectivity index (χ2n) is 3.53. The molecular formula is C10H9F2N3O3S. The third-order valence-electron chi connectivity index (χ3n) is 2.13. The van der Waals surface area contributed by atoms with Gasteiger partial charge in [0.15, 0.2) is 0 Å². The molecule has 2 heterocycles. The first-order chi connectivity index (χ1) is 9.04. The number of hydrogen-bond acceptors (Lipinski definition) is 5. The molecule has 19 heavy (non-hydrogen) atoms. The van der Waals surface area contributed by atoms with Crippen molar-refractivity contribution in [1.82, 2.24) is 10.3 Å². The van der Waals surface area contributed by atoms with Crippen molar-refractivity contribution in [3.63, 3.8) is 0 Å². The minimum absolute atomic E-state index is 0.0498. The Kier molecular flexibility index (Phi) is 4.15. The van der Waals surface area contributed by atoms with E-state index in [1.807, 2.05) is 0 Å². The van der Waals surface area contributed by atoms with Gasteiger partial charge in [-0.05, 0) is 12.1 Å². The van der Waals surface area contributed by atoms with Crippen LogP contribution in [0.25, 0.3) is 0 Å². The number of alkyl halides is 2. The summed E-state index contributed by atoms with van der Waals surface area (Å²) in [5, 5.41) is 6.76. The first kappa shape index (κ1) is 13.5. The molecule has 0 aliphatic carbocycles. The van der Waals surface area contributed by atoms with Crippen molar-refractivity contribution in [2.75, 3.05) is 6.54 Å². The smallest absolute Gasteiger partial charge is 0.344 e. The van der Waals surface area contributed by atoms with Gasteiger partial charge in [0.05, 0.1) is 12.0 Å². The molecular weight excluding hydrogens is 280 g/mol. The molecule has 0 aromatic carbocycles. The number of halogens is 2. The van der Waals surface area contributed by atoms with Crippen LogP contribution in [0.1, 0.15) is 11.5 Å². The van der Waals surface area contributed by atoms with Crippen LogP contribution in [0.3, 0.4) is 0 Å². The summed E-state index contributed by atoms with van der Waals surface area (Å²) in [5.41, 5.74) is 0. The quantitative estimate of drug-likeness (QED) is 0.660. The van der Waals surface area contributed by atoms with Gasteiger partial charge in [-0.25, -0.2) is 9.80 Å². The molecule has 9 heteroatoms. The maximum absolute atomic E-state index is 12.0. The summed E-state index contributed by atoms with van der Waals surface area (Å²) in [7, 11) is 0. The molecule has 1 fully saturated rings. The van der Waals surface area contributed by atoms with Gasteiger partial charge in [-0.2, -0.15) is 13.9 Å². The highest BCUT2D eigenvalue weighted by Crippen LogP contribution is 2.20. The van der Waals surface area contributed by atoms with Crippen molar-refractivity contribution >= 4 is 29.9 Å². The monoisotopic (exact) mass is 289 g/mol. The lowest BCUT2D eigenvalue weighted by Gasteiger charge is -2.02.